The van der Waals surface area contributed by atoms with Gasteiger partial charge in [-0.2, -0.15) is 0 Å². The zero-order valence-electron chi connectivity index (χ0n) is 28.9. The molecule has 0 saturated carbocycles. The molecule has 0 amide bonds. The van der Waals surface area contributed by atoms with Gasteiger partial charge in [0, 0.05) is 47.6 Å². The first-order valence-electron chi connectivity index (χ1n) is 18.0. The van der Waals surface area contributed by atoms with Crippen molar-refractivity contribution in [2.75, 3.05) is 0 Å². The number of aromatic nitrogens is 3. The van der Waals surface area contributed by atoms with Crippen molar-refractivity contribution in [3.8, 4) is 56.4 Å². The summed E-state index contributed by atoms with van der Waals surface area (Å²) in [6, 6.07) is 61.6. The van der Waals surface area contributed by atoms with Crippen LogP contribution in [0, 0.1) is 0 Å². The fraction of sp³-hybridized carbons (Fsp3) is 0. The average Bonchev–Trinajstić information content (AvgIpc) is 3.81. The van der Waals surface area contributed by atoms with Crippen molar-refractivity contribution in [3.63, 3.8) is 0 Å². The summed E-state index contributed by atoms with van der Waals surface area (Å²) in [7, 11) is 0. The van der Waals surface area contributed by atoms with Crippen molar-refractivity contribution < 1.29 is 4.42 Å². The quantitative estimate of drug-likeness (QED) is 0.179. The molecule has 54 heavy (non-hydrogen) atoms. The first kappa shape index (κ1) is 30.7. The predicted molar refractivity (Wildman–Crippen MR) is 225 cm³/mol. The Bertz CT molecular complexity index is 3220. The highest BCUT2D eigenvalue weighted by Crippen LogP contribution is 2.40. The van der Waals surface area contributed by atoms with E-state index in [2.05, 4.69) is 140 Å². The van der Waals surface area contributed by atoms with Gasteiger partial charge in [-0.05, 0) is 87.6 Å². The number of fused-ring (bicyclic) bond motifs is 7. The molecule has 0 saturated heterocycles. The molecular formula is C49H29N3OS. The van der Waals surface area contributed by atoms with Gasteiger partial charge in [-0.3, -0.25) is 0 Å². The molecule has 0 bridgehead atoms. The van der Waals surface area contributed by atoms with E-state index in [4.69, 9.17) is 19.4 Å². The lowest BCUT2D eigenvalue weighted by Gasteiger charge is -2.10. The van der Waals surface area contributed by atoms with E-state index in [1.54, 1.807) is 0 Å². The van der Waals surface area contributed by atoms with Crippen LogP contribution in [-0.4, -0.2) is 15.0 Å². The van der Waals surface area contributed by atoms with Crippen LogP contribution in [0.25, 0.3) is 109 Å². The molecule has 4 nitrogen and oxygen atoms in total. The molecule has 11 rings (SSSR count). The standard InChI is InChI=1S/C49H29N3OS/c1-3-10-30(11-4-1)33-22-24-40-43(29-33)53-42-16-9-15-38(46(40)42)34-20-18-31-19-21-35(27-37(31)26-34)48-50-47(32-12-5-2-6-13-32)51-49(52-48)36-23-25-45-41(28-36)39-14-7-8-17-44(39)54-45/h1-29H. The molecule has 0 radical (unpaired) electrons. The number of thiophene rings is 1. The van der Waals surface area contributed by atoms with Crippen LogP contribution in [0.4, 0.5) is 0 Å². The number of furan rings is 1. The second-order valence-electron chi connectivity index (χ2n) is 13.6. The largest absolute Gasteiger partial charge is 0.456 e. The van der Waals surface area contributed by atoms with Gasteiger partial charge in [0.2, 0.25) is 0 Å². The highest BCUT2D eigenvalue weighted by Gasteiger charge is 2.17. The van der Waals surface area contributed by atoms with Crippen LogP contribution in [0.3, 0.4) is 0 Å². The molecule has 0 aliphatic heterocycles. The molecule has 5 heteroatoms. The van der Waals surface area contributed by atoms with Crippen LogP contribution in [-0.2, 0) is 0 Å². The van der Waals surface area contributed by atoms with Crippen molar-refractivity contribution in [1.82, 2.24) is 15.0 Å². The lowest BCUT2D eigenvalue weighted by Crippen LogP contribution is -2.00. The smallest absolute Gasteiger partial charge is 0.164 e. The van der Waals surface area contributed by atoms with Crippen LogP contribution in [0.15, 0.2) is 180 Å². The van der Waals surface area contributed by atoms with E-state index in [1.807, 2.05) is 47.7 Å². The van der Waals surface area contributed by atoms with Crippen molar-refractivity contribution in [2.45, 2.75) is 0 Å². The summed E-state index contributed by atoms with van der Waals surface area (Å²) in [5.41, 5.74) is 9.17. The highest BCUT2D eigenvalue weighted by atomic mass is 32.1. The Morgan fingerprint density at radius 3 is 1.80 bits per heavy atom. The number of rotatable bonds is 5. The summed E-state index contributed by atoms with van der Waals surface area (Å²) in [5, 5.41) is 6.94. The summed E-state index contributed by atoms with van der Waals surface area (Å²) in [6.07, 6.45) is 0. The second kappa shape index (κ2) is 12.3. The predicted octanol–water partition coefficient (Wildman–Crippen LogP) is 13.6. The Labute approximate surface area is 314 Å². The van der Waals surface area contributed by atoms with Crippen molar-refractivity contribution >= 4 is 64.2 Å². The lowest BCUT2D eigenvalue weighted by atomic mass is 9.95. The molecule has 3 heterocycles. The molecule has 0 fully saturated rings. The van der Waals surface area contributed by atoms with Gasteiger partial charge < -0.3 is 4.42 Å². The maximum atomic E-state index is 6.45. The van der Waals surface area contributed by atoms with Crippen LogP contribution < -0.4 is 0 Å². The third-order valence-electron chi connectivity index (χ3n) is 10.3. The van der Waals surface area contributed by atoms with E-state index in [0.717, 1.165) is 66.1 Å². The van der Waals surface area contributed by atoms with Crippen LogP contribution in [0.2, 0.25) is 0 Å². The molecule has 8 aromatic carbocycles. The molecule has 0 spiro atoms. The minimum atomic E-state index is 0.638. The van der Waals surface area contributed by atoms with Crippen molar-refractivity contribution in [1.29, 1.82) is 0 Å². The van der Waals surface area contributed by atoms with E-state index in [1.165, 1.54) is 25.7 Å². The third kappa shape index (κ3) is 5.17. The van der Waals surface area contributed by atoms with Gasteiger partial charge in [0.05, 0.1) is 0 Å². The van der Waals surface area contributed by atoms with E-state index < -0.39 is 0 Å². The summed E-state index contributed by atoms with van der Waals surface area (Å²) in [5.74, 6) is 1.94. The Hall–Kier alpha value is -6.95. The van der Waals surface area contributed by atoms with E-state index in [-0.39, 0.29) is 0 Å². The molecular weight excluding hydrogens is 679 g/mol. The molecule has 0 aliphatic carbocycles. The highest BCUT2D eigenvalue weighted by molar-refractivity contribution is 7.25. The van der Waals surface area contributed by atoms with Crippen LogP contribution in [0.5, 0.6) is 0 Å². The summed E-state index contributed by atoms with van der Waals surface area (Å²) in [6.45, 7) is 0. The summed E-state index contributed by atoms with van der Waals surface area (Å²) in [4.78, 5) is 15.2. The zero-order valence-corrected chi connectivity index (χ0v) is 29.7. The molecule has 0 unspecified atom stereocenters. The normalized spacial score (nSPS) is 11.7. The minimum absolute atomic E-state index is 0.638. The monoisotopic (exact) mass is 707 g/mol. The Morgan fingerprint density at radius 1 is 0.352 bits per heavy atom. The van der Waals surface area contributed by atoms with Crippen molar-refractivity contribution in [3.05, 3.63) is 176 Å². The number of hydrogen-bond acceptors (Lipinski definition) is 5. The first-order valence-corrected chi connectivity index (χ1v) is 18.8. The molecule has 11 aromatic rings. The van der Waals surface area contributed by atoms with Gasteiger partial charge in [0.25, 0.3) is 0 Å². The van der Waals surface area contributed by atoms with E-state index >= 15 is 0 Å². The SMILES string of the molecule is c1ccc(-c2ccc3c(c2)oc2cccc(-c4ccc5ccc(-c6nc(-c7ccccc7)nc(-c7ccc8sc9ccccc9c8c7)n6)cc5c4)c23)cc1. The van der Waals surface area contributed by atoms with Crippen molar-refractivity contribution in [2.24, 2.45) is 0 Å². The molecule has 3 aromatic heterocycles. The lowest BCUT2D eigenvalue weighted by molar-refractivity contribution is 0.669. The van der Waals surface area contributed by atoms with E-state index in [9.17, 15) is 0 Å². The van der Waals surface area contributed by atoms with Gasteiger partial charge in [0.1, 0.15) is 11.2 Å². The average molecular weight is 708 g/mol. The zero-order chi connectivity index (χ0) is 35.6. The summed E-state index contributed by atoms with van der Waals surface area (Å²) < 4.78 is 8.98. The third-order valence-corrected chi connectivity index (χ3v) is 11.5. The fourth-order valence-electron chi connectivity index (χ4n) is 7.65. The maximum absolute atomic E-state index is 6.45. The molecule has 0 atom stereocenters. The van der Waals surface area contributed by atoms with Gasteiger partial charge in [-0.25, -0.2) is 15.0 Å². The second-order valence-corrected chi connectivity index (χ2v) is 14.7. The Balaban J connectivity index is 1.04. The van der Waals surface area contributed by atoms with Gasteiger partial charge in [0.15, 0.2) is 17.5 Å². The Morgan fingerprint density at radius 2 is 0.981 bits per heavy atom. The molecule has 0 aliphatic rings. The first-order chi connectivity index (χ1) is 26.7. The fourth-order valence-corrected chi connectivity index (χ4v) is 8.73. The van der Waals surface area contributed by atoms with Crippen LogP contribution >= 0.6 is 11.3 Å². The number of nitrogens with zero attached hydrogens (tertiary/aromatic N) is 3. The van der Waals surface area contributed by atoms with Crippen LogP contribution in [0.1, 0.15) is 0 Å². The number of benzene rings is 8. The minimum Gasteiger partial charge on any atom is -0.456 e. The van der Waals surface area contributed by atoms with Gasteiger partial charge >= 0.3 is 0 Å². The number of hydrogen-bond donors (Lipinski definition) is 0. The topological polar surface area (TPSA) is 51.8 Å². The summed E-state index contributed by atoms with van der Waals surface area (Å²) >= 11 is 1.81. The molecule has 252 valence electrons. The Kier molecular flexibility index (Phi) is 7.00. The molecule has 0 N–H and O–H groups in total. The van der Waals surface area contributed by atoms with Gasteiger partial charge in [-0.15, -0.1) is 11.3 Å². The van der Waals surface area contributed by atoms with E-state index in [0.29, 0.717) is 17.5 Å². The van der Waals surface area contributed by atoms with Gasteiger partial charge in [-0.1, -0.05) is 121 Å². The maximum Gasteiger partial charge on any atom is 0.164 e.